The number of aliphatic hydroxyl groups excluding tert-OH is 2. The van der Waals surface area contributed by atoms with Gasteiger partial charge in [-0.15, -0.1) is 0 Å². The van der Waals surface area contributed by atoms with Gasteiger partial charge >= 0.3 is 0 Å². The van der Waals surface area contributed by atoms with Crippen LogP contribution in [0.4, 0.5) is 0 Å². The van der Waals surface area contributed by atoms with E-state index in [1.807, 2.05) is 0 Å². The Bertz CT molecular complexity index is 648. The van der Waals surface area contributed by atoms with Crippen molar-refractivity contribution >= 4 is 0 Å². The average molecular weight is 328 g/mol. The number of hydrogen-bond donors (Lipinski definition) is 2. The van der Waals surface area contributed by atoms with Crippen LogP contribution in [0, 0.1) is 70.0 Å². The third-order valence-electron chi connectivity index (χ3n) is 11.7. The quantitative estimate of drug-likeness (QED) is 0.702. The number of ether oxygens (including phenoxy) is 2. The molecule has 0 aromatic heterocycles. The minimum Gasteiger partial charge on any atom is -0.367 e. The first kappa shape index (κ1) is 12.3. The molecule has 10 rings (SSSR count). The van der Waals surface area contributed by atoms with Gasteiger partial charge in [-0.05, 0) is 84.9 Å². The zero-order chi connectivity index (χ0) is 15.3. The number of hydrogen-bond acceptors (Lipinski definition) is 4. The van der Waals surface area contributed by atoms with Crippen LogP contribution in [-0.2, 0) is 9.47 Å². The van der Waals surface area contributed by atoms with Crippen molar-refractivity contribution < 1.29 is 19.7 Å². The molecule has 10 aliphatic rings. The van der Waals surface area contributed by atoms with Gasteiger partial charge in [-0.2, -0.15) is 0 Å². The van der Waals surface area contributed by atoms with E-state index in [4.69, 9.17) is 9.47 Å². The van der Waals surface area contributed by atoms with Gasteiger partial charge in [0.15, 0.2) is 12.6 Å². The molecule has 2 heterocycles. The molecule has 2 saturated heterocycles. The lowest BCUT2D eigenvalue weighted by atomic mass is 9.41. The van der Waals surface area contributed by atoms with Crippen LogP contribution in [0.15, 0.2) is 0 Å². The topological polar surface area (TPSA) is 58.9 Å². The summed E-state index contributed by atoms with van der Waals surface area (Å²) in [5, 5.41) is 22.8. The van der Waals surface area contributed by atoms with Gasteiger partial charge in [0.2, 0.25) is 0 Å². The molecule has 0 aromatic rings. The van der Waals surface area contributed by atoms with Gasteiger partial charge < -0.3 is 19.7 Å². The van der Waals surface area contributed by atoms with Crippen LogP contribution in [0.3, 0.4) is 0 Å². The molecule has 4 heteroatoms. The highest BCUT2D eigenvalue weighted by molar-refractivity contribution is 5.45. The van der Waals surface area contributed by atoms with Crippen molar-refractivity contribution in [2.24, 2.45) is 70.0 Å². The van der Waals surface area contributed by atoms with Crippen molar-refractivity contribution in [1.29, 1.82) is 0 Å². The van der Waals surface area contributed by atoms with Crippen molar-refractivity contribution in [1.82, 2.24) is 0 Å². The molecule has 4 nitrogen and oxygen atoms in total. The summed E-state index contributed by atoms with van der Waals surface area (Å²) in [6.45, 7) is 0. The summed E-state index contributed by atoms with van der Waals surface area (Å²) >= 11 is 0. The summed E-state index contributed by atoms with van der Waals surface area (Å²) in [4.78, 5) is 0. The lowest BCUT2D eigenvalue weighted by Gasteiger charge is -2.68. The molecule has 8 aliphatic carbocycles. The number of rotatable bonds is 0. The Labute approximate surface area is 140 Å². The Morgan fingerprint density at radius 3 is 1.50 bits per heavy atom. The predicted molar refractivity (Wildman–Crippen MR) is 80.0 cm³/mol. The lowest BCUT2D eigenvalue weighted by molar-refractivity contribution is -0.393. The maximum Gasteiger partial charge on any atom is 0.161 e. The fourth-order valence-corrected chi connectivity index (χ4v) is 12.5. The van der Waals surface area contributed by atoms with E-state index < -0.39 is 12.6 Å². The standard InChI is InChI=1S/C20H24O4/c21-17-19-13-5-1-3-7-9(5)15-11(13)12-14(20(15,19)18(22)23-7)6-2-4-8(24-17)10(6)16(12)19/h5-18,21-22H,1-4H2/t5-,6-,7-,8+,9+,10-,11+,12+,13+,14-,15+,16+,17-,18-,19-,20-/m1/s1. The molecule has 24 heavy (non-hydrogen) atoms. The normalized spacial score (nSPS) is 85.2. The second-order valence-electron chi connectivity index (χ2n) is 10.8. The monoisotopic (exact) mass is 328 g/mol. The molecule has 16 atom stereocenters. The van der Waals surface area contributed by atoms with Gasteiger partial charge in [-0.25, -0.2) is 0 Å². The second-order valence-corrected chi connectivity index (χ2v) is 10.8. The Morgan fingerprint density at radius 2 is 1.04 bits per heavy atom. The maximum atomic E-state index is 11.4. The van der Waals surface area contributed by atoms with Crippen LogP contribution in [0.5, 0.6) is 0 Å². The molecule has 2 spiro atoms. The van der Waals surface area contributed by atoms with Crippen molar-refractivity contribution in [2.75, 3.05) is 0 Å². The van der Waals surface area contributed by atoms with Gasteiger partial charge in [0, 0.05) is 10.8 Å². The fourth-order valence-electron chi connectivity index (χ4n) is 12.5. The molecule has 128 valence electrons. The Balaban J connectivity index is 1.42. The zero-order valence-electron chi connectivity index (χ0n) is 13.6. The van der Waals surface area contributed by atoms with Gasteiger partial charge in [-0.3, -0.25) is 0 Å². The van der Waals surface area contributed by atoms with E-state index in [1.54, 1.807) is 0 Å². The molecule has 8 bridgehead atoms. The summed E-state index contributed by atoms with van der Waals surface area (Å²) < 4.78 is 12.7. The molecule has 2 N–H and O–H groups in total. The first-order chi connectivity index (χ1) is 11.7. The van der Waals surface area contributed by atoms with Gasteiger partial charge in [0.1, 0.15) is 0 Å². The van der Waals surface area contributed by atoms with Gasteiger partial charge in [0.05, 0.1) is 12.2 Å². The Morgan fingerprint density at radius 1 is 0.583 bits per heavy atom. The van der Waals surface area contributed by atoms with Crippen LogP contribution in [0.25, 0.3) is 0 Å². The highest BCUT2D eigenvalue weighted by atomic mass is 16.6. The zero-order valence-corrected chi connectivity index (χ0v) is 13.6. The van der Waals surface area contributed by atoms with E-state index in [-0.39, 0.29) is 10.8 Å². The van der Waals surface area contributed by atoms with E-state index in [0.717, 1.165) is 36.5 Å². The molecule has 0 unspecified atom stereocenters. The minimum absolute atomic E-state index is 0.157. The predicted octanol–water partition coefficient (Wildman–Crippen LogP) is 1.21. The molecule has 10 fully saturated rings. The molecular formula is C20H24O4. The van der Waals surface area contributed by atoms with E-state index >= 15 is 0 Å². The van der Waals surface area contributed by atoms with Crippen molar-refractivity contribution in [2.45, 2.75) is 50.5 Å². The largest absolute Gasteiger partial charge is 0.367 e. The first-order valence-electron chi connectivity index (χ1n) is 10.4. The average Bonchev–Trinajstić information content (AvgIpc) is 3.34. The van der Waals surface area contributed by atoms with E-state index in [9.17, 15) is 10.2 Å². The smallest absolute Gasteiger partial charge is 0.161 e. The van der Waals surface area contributed by atoms with Crippen molar-refractivity contribution in [3.05, 3.63) is 0 Å². The molecule has 8 saturated carbocycles. The third-order valence-corrected chi connectivity index (χ3v) is 11.7. The van der Waals surface area contributed by atoms with Crippen LogP contribution < -0.4 is 0 Å². The summed E-state index contributed by atoms with van der Waals surface area (Å²) in [7, 11) is 0. The fraction of sp³-hybridized carbons (Fsp3) is 1.00. The van der Waals surface area contributed by atoms with Crippen molar-refractivity contribution in [3.8, 4) is 0 Å². The second kappa shape index (κ2) is 3.04. The Hall–Kier alpha value is -0.160. The summed E-state index contributed by atoms with van der Waals surface area (Å²) in [5.41, 5.74) is -0.314. The highest BCUT2D eigenvalue weighted by Gasteiger charge is 3.01. The lowest BCUT2D eigenvalue weighted by Crippen LogP contribution is -2.73. The van der Waals surface area contributed by atoms with E-state index in [0.29, 0.717) is 47.7 Å². The highest BCUT2D eigenvalue weighted by Crippen LogP contribution is 3.00. The molecule has 0 amide bonds. The van der Waals surface area contributed by atoms with Gasteiger partial charge in [0.25, 0.3) is 0 Å². The van der Waals surface area contributed by atoms with Crippen LogP contribution in [0.1, 0.15) is 25.7 Å². The summed E-state index contributed by atoms with van der Waals surface area (Å²) in [6, 6.07) is 0. The number of aliphatic hydroxyl groups is 2. The SMILES string of the molecule is O[C@@H]1O[C@@H]2CC[C@@H]3[C@@H]2[C@H]2[C@H]4[C@@H]5[C@@H]6[C@@H]7[C@H]8CC[C@@H]7O[C@@H](O)[C@]6([C@@H]34)[C@]21[C@H]85. The Kier molecular flexibility index (Phi) is 1.56. The maximum absolute atomic E-state index is 11.4. The van der Waals surface area contributed by atoms with Crippen LogP contribution in [0.2, 0.25) is 0 Å². The van der Waals surface area contributed by atoms with Crippen LogP contribution in [-0.4, -0.2) is 35.0 Å². The summed E-state index contributed by atoms with van der Waals surface area (Å²) in [5.74, 6) is 6.92. The summed E-state index contributed by atoms with van der Waals surface area (Å²) in [6.07, 6.45) is 4.08. The van der Waals surface area contributed by atoms with Crippen molar-refractivity contribution in [3.63, 3.8) is 0 Å². The third kappa shape index (κ3) is 0.719. The first-order valence-corrected chi connectivity index (χ1v) is 10.4. The molecule has 0 aromatic carbocycles. The molecular weight excluding hydrogens is 304 g/mol. The van der Waals surface area contributed by atoms with Crippen LogP contribution >= 0.6 is 0 Å². The minimum atomic E-state index is -0.647. The molecule has 2 aliphatic heterocycles. The van der Waals surface area contributed by atoms with Gasteiger partial charge in [-0.1, -0.05) is 0 Å². The van der Waals surface area contributed by atoms with E-state index in [2.05, 4.69) is 0 Å². The molecule has 0 radical (unpaired) electrons. The van der Waals surface area contributed by atoms with E-state index in [1.165, 1.54) is 12.8 Å².